The van der Waals surface area contributed by atoms with Crippen molar-refractivity contribution in [2.75, 3.05) is 13.6 Å². The second-order valence-corrected chi connectivity index (χ2v) is 4.13. The average molecular weight is 194 g/mol. The van der Waals surface area contributed by atoms with Gasteiger partial charge in [-0.15, -0.1) is 0 Å². The summed E-state index contributed by atoms with van der Waals surface area (Å²) in [7, 11) is 1.80. The Morgan fingerprint density at radius 3 is 2.57 bits per heavy atom. The lowest BCUT2D eigenvalue weighted by molar-refractivity contribution is -0.133. The van der Waals surface area contributed by atoms with Crippen LogP contribution in [0.25, 0.3) is 0 Å². The Morgan fingerprint density at radius 1 is 1.50 bits per heavy atom. The highest BCUT2D eigenvalue weighted by molar-refractivity contribution is 5.88. The molecule has 0 aromatic rings. The van der Waals surface area contributed by atoms with E-state index in [-0.39, 0.29) is 5.91 Å². The lowest BCUT2D eigenvalue weighted by atomic mass is 10.1. The molecule has 0 radical (unpaired) electrons. The summed E-state index contributed by atoms with van der Waals surface area (Å²) in [5, 5.41) is 8.85. The van der Waals surface area contributed by atoms with Crippen molar-refractivity contribution < 1.29 is 4.79 Å². The van der Waals surface area contributed by atoms with E-state index in [1.807, 2.05) is 0 Å². The Hall–Kier alpha value is -1.04. The number of nitriles is 1. The van der Waals surface area contributed by atoms with E-state index in [1.165, 1.54) is 0 Å². The summed E-state index contributed by atoms with van der Waals surface area (Å²) in [6.07, 6.45) is 4.85. The van der Waals surface area contributed by atoms with Crippen LogP contribution in [0.5, 0.6) is 0 Å². The molecule has 0 atom stereocenters. The second kappa shape index (κ2) is 4.45. The number of carbonyl (C=O) groups excluding carboxylic acids is 1. The van der Waals surface area contributed by atoms with Gasteiger partial charge in [0.25, 0.3) is 0 Å². The lowest BCUT2D eigenvalue weighted by Crippen LogP contribution is -2.34. The number of unbranched alkanes of at least 4 members (excludes halogenated alkanes) is 2. The lowest BCUT2D eigenvalue weighted by Gasteiger charge is -2.19. The maximum atomic E-state index is 11.8. The zero-order valence-corrected chi connectivity index (χ0v) is 9.05. The summed E-state index contributed by atoms with van der Waals surface area (Å²) in [5.74, 6) is 0.0242. The van der Waals surface area contributed by atoms with Crippen molar-refractivity contribution in [3.05, 3.63) is 0 Å². The van der Waals surface area contributed by atoms with Crippen LogP contribution in [-0.4, -0.2) is 24.4 Å². The van der Waals surface area contributed by atoms with Crippen molar-refractivity contribution in [2.24, 2.45) is 5.41 Å². The van der Waals surface area contributed by atoms with Gasteiger partial charge in [0.1, 0.15) is 5.41 Å². The van der Waals surface area contributed by atoms with Crippen molar-refractivity contribution in [2.45, 2.75) is 39.0 Å². The minimum atomic E-state index is -0.638. The van der Waals surface area contributed by atoms with Gasteiger partial charge >= 0.3 is 0 Å². The summed E-state index contributed by atoms with van der Waals surface area (Å²) in [6.45, 7) is 2.93. The number of rotatable bonds is 5. The van der Waals surface area contributed by atoms with Gasteiger partial charge in [0.15, 0.2) is 0 Å². The summed E-state index contributed by atoms with van der Waals surface area (Å²) >= 11 is 0. The minimum Gasteiger partial charge on any atom is -0.344 e. The molecule has 0 aromatic carbocycles. The molecule has 3 heteroatoms. The molecule has 1 rings (SSSR count). The standard InChI is InChI=1S/C11H18N2O/c1-3-4-5-8-13(2)10(14)11(9-12)6-7-11/h3-8H2,1-2H3. The smallest absolute Gasteiger partial charge is 0.242 e. The fourth-order valence-corrected chi connectivity index (χ4v) is 1.56. The molecule has 0 saturated heterocycles. The monoisotopic (exact) mass is 194 g/mol. The summed E-state index contributed by atoms with van der Waals surface area (Å²) < 4.78 is 0. The third kappa shape index (κ3) is 2.25. The maximum Gasteiger partial charge on any atom is 0.242 e. The van der Waals surface area contributed by atoms with Crippen LogP contribution in [-0.2, 0) is 4.79 Å². The van der Waals surface area contributed by atoms with Crippen LogP contribution < -0.4 is 0 Å². The zero-order chi connectivity index (χ0) is 10.6. The molecule has 0 heterocycles. The first-order chi connectivity index (χ1) is 6.66. The van der Waals surface area contributed by atoms with Crippen LogP contribution in [0.1, 0.15) is 39.0 Å². The highest BCUT2D eigenvalue weighted by Gasteiger charge is 2.51. The molecule has 0 unspecified atom stereocenters. The van der Waals surface area contributed by atoms with Crippen LogP contribution >= 0.6 is 0 Å². The maximum absolute atomic E-state index is 11.8. The third-order valence-electron chi connectivity index (χ3n) is 2.82. The van der Waals surface area contributed by atoms with E-state index in [0.29, 0.717) is 0 Å². The molecule has 1 fully saturated rings. The van der Waals surface area contributed by atoms with Gasteiger partial charge in [-0.3, -0.25) is 4.79 Å². The molecule has 0 bridgehead atoms. The van der Waals surface area contributed by atoms with E-state index in [0.717, 1.165) is 38.6 Å². The Labute approximate surface area is 85.7 Å². The minimum absolute atomic E-state index is 0.0242. The SMILES string of the molecule is CCCCCN(C)C(=O)C1(C#N)CC1. The summed E-state index contributed by atoms with van der Waals surface area (Å²) in [5.41, 5.74) is -0.638. The summed E-state index contributed by atoms with van der Waals surface area (Å²) in [4.78, 5) is 13.5. The molecular weight excluding hydrogens is 176 g/mol. The first-order valence-corrected chi connectivity index (χ1v) is 5.33. The topological polar surface area (TPSA) is 44.1 Å². The molecule has 1 aliphatic carbocycles. The van der Waals surface area contributed by atoms with Crippen molar-refractivity contribution >= 4 is 5.91 Å². The number of amides is 1. The molecule has 0 aromatic heterocycles. The average Bonchev–Trinajstić information content (AvgIpc) is 2.97. The van der Waals surface area contributed by atoms with Crippen LogP contribution in [0.2, 0.25) is 0 Å². The molecule has 0 N–H and O–H groups in total. The first-order valence-electron chi connectivity index (χ1n) is 5.33. The molecular formula is C11H18N2O. The van der Waals surface area contributed by atoms with E-state index in [1.54, 1.807) is 11.9 Å². The second-order valence-electron chi connectivity index (χ2n) is 4.13. The Kier molecular flexibility index (Phi) is 3.51. The van der Waals surface area contributed by atoms with Gasteiger partial charge in [-0.25, -0.2) is 0 Å². The van der Waals surface area contributed by atoms with Crippen LogP contribution in [0.3, 0.4) is 0 Å². The normalized spacial score (nSPS) is 17.2. The van der Waals surface area contributed by atoms with Crippen LogP contribution in [0.4, 0.5) is 0 Å². The van der Waals surface area contributed by atoms with E-state index in [2.05, 4.69) is 13.0 Å². The Bertz CT molecular complexity index is 251. The fourth-order valence-electron chi connectivity index (χ4n) is 1.56. The van der Waals surface area contributed by atoms with Gasteiger partial charge in [-0.1, -0.05) is 19.8 Å². The molecule has 0 spiro atoms. The Morgan fingerprint density at radius 2 is 2.14 bits per heavy atom. The Balaban J connectivity index is 2.34. The van der Waals surface area contributed by atoms with E-state index in [9.17, 15) is 4.79 Å². The molecule has 1 saturated carbocycles. The molecule has 1 aliphatic rings. The van der Waals surface area contributed by atoms with Crippen molar-refractivity contribution in [3.63, 3.8) is 0 Å². The predicted octanol–water partition coefficient (Wildman–Crippen LogP) is 1.94. The summed E-state index contributed by atoms with van der Waals surface area (Å²) in [6, 6.07) is 2.13. The highest BCUT2D eigenvalue weighted by atomic mass is 16.2. The zero-order valence-electron chi connectivity index (χ0n) is 9.05. The van der Waals surface area contributed by atoms with Gasteiger partial charge in [-0.2, -0.15) is 5.26 Å². The fraction of sp³-hybridized carbons (Fsp3) is 0.818. The van der Waals surface area contributed by atoms with Gasteiger partial charge in [0, 0.05) is 13.6 Å². The van der Waals surface area contributed by atoms with Gasteiger partial charge in [0.05, 0.1) is 6.07 Å². The van der Waals surface area contributed by atoms with Crippen molar-refractivity contribution in [1.29, 1.82) is 5.26 Å². The van der Waals surface area contributed by atoms with Crippen molar-refractivity contribution in [1.82, 2.24) is 4.90 Å². The quantitative estimate of drug-likeness (QED) is 0.628. The van der Waals surface area contributed by atoms with Gasteiger partial charge in [0.2, 0.25) is 5.91 Å². The predicted molar refractivity (Wildman–Crippen MR) is 54.4 cm³/mol. The van der Waals surface area contributed by atoms with E-state index < -0.39 is 5.41 Å². The van der Waals surface area contributed by atoms with Crippen LogP contribution in [0, 0.1) is 16.7 Å². The number of hydrogen-bond donors (Lipinski definition) is 0. The number of hydrogen-bond acceptors (Lipinski definition) is 2. The first kappa shape index (κ1) is 11.0. The number of nitrogens with zero attached hydrogens (tertiary/aromatic N) is 2. The van der Waals surface area contributed by atoms with E-state index in [4.69, 9.17) is 5.26 Å². The van der Waals surface area contributed by atoms with Crippen molar-refractivity contribution in [3.8, 4) is 6.07 Å². The number of carbonyl (C=O) groups is 1. The molecule has 78 valence electrons. The molecule has 0 aliphatic heterocycles. The van der Waals surface area contributed by atoms with Gasteiger partial charge < -0.3 is 4.90 Å². The van der Waals surface area contributed by atoms with E-state index >= 15 is 0 Å². The molecule has 1 amide bonds. The molecule has 3 nitrogen and oxygen atoms in total. The highest BCUT2D eigenvalue weighted by Crippen LogP contribution is 2.46. The van der Waals surface area contributed by atoms with Gasteiger partial charge in [-0.05, 0) is 19.3 Å². The van der Waals surface area contributed by atoms with Crippen LogP contribution in [0.15, 0.2) is 0 Å². The largest absolute Gasteiger partial charge is 0.344 e. The molecule has 14 heavy (non-hydrogen) atoms. The third-order valence-corrected chi connectivity index (χ3v) is 2.82.